The highest BCUT2D eigenvalue weighted by Crippen LogP contribution is 2.34. The van der Waals surface area contributed by atoms with Gasteiger partial charge in [-0.25, -0.2) is 0 Å². The zero-order valence-corrected chi connectivity index (χ0v) is 25.8. The average molecular weight is 629 g/mol. The number of aromatic nitrogens is 3. The van der Waals surface area contributed by atoms with E-state index in [1.807, 2.05) is 54.0 Å². The second-order valence-electron chi connectivity index (χ2n) is 10.7. The third kappa shape index (κ3) is 7.59. The molecule has 1 atom stereocenters. The fourth-order valence-corrected chi connectivity index (χ4v) is 5.35. The summed E-state index contributed by atoms with van der Waals surface area (Å²) in [5, 5.41) is 33.8. The Bertz CT molecular complexity index is 1710. The summed E-state index contributed by atoms with van der Waals surface area (Å²) in [4.78, 5) is 30.6. The summed E-state index contributed by atoms with van der Waals surface area (Å²) in [5.41, 5.74) is 3.84. The Morgan fingerprint density at radius 3 is 2.47 bits per heavy atom. The molecule has 4 aromatic rings. The molecule has 2 amide bonds. The lowest BCUT2D eigenvalue weighted by Gasteiger charge is -2.14. The van der Waals surface area contributed by atoms with Crippen LogP contribution in [-0.4, -0.2) is 69.7 Å². The number of hydrogen-bond acceptors (Lipinski definition) is 8. The Morgan fingerprint density at radius 1 is 0.978 bits per heavy atom. The molecule has 45 heavy (non-hydrogen) atoms. The van der Waals surface area contributed by atoms with Gasteiger partial charge in [0.05, 0.1) is 24.9 Å². The van der Waals surface area contributed by atoms with E-state index in [0.29, 0.717) is 46.8 Å². The van der Waals surface area contributed by atoms with E-state index in [2.05, 4.69) is 20.8 Å². The lowest BCUT2D eigenvalue weighted by molar-refractivity contribution is -0.121. The lowest BCUT2D eigenvalue weighted by Crippen LogP contribution is -2.32. The molecule has 0 radical (unpaired) electrons. The van der Waals surface area contributed by atoms with E-state index in [0.717, 1.165) is 36.1 Å². The normalized spacial score (nSPS) is 13.6. The Hall–Kier alpha value is -4.52. The fourth-order valence-electron chi connectivity index (χ4n) is 5.22. The highest BCUT2D eigenvalue weighted by molar-refractivity contribution is 6.58. The molecule has 11 nitrogen and oxygen atoms in total. The quantitative estimate of drug-likeness (QED) is 0.139. The number of rotatable bonds is 12. The van der Waals surface area contributed by atoms with E-state index in [1.54, 1.807) is 25.3 Å². The number of unbranched alkanes of at least 4 members (excludes halogenated alkanes) is 2. The predicted octanol–water partition coefficient (Wildman–Crippen LogP) is 2.92. The number of amides is 2. The molecule has 232 valence electrons. The molecule has 13 heteroatoms. The molecule has 1 aromatic heterocycles. The number of ether oxygens (including phenoxy) is 1. The van der Waals surface area contributed by atoms with Crippen LogP contribution >= 0.6 is 11.6 Å². The molecular weight excluding hydrogens is 595 g/mol. The summed E-state index contributed by atoms with van der Waals surface area (Å²) in [7, 11) is -0.0160. The highest BCUT2D eigenvalue weighted by atomic mass is 35.5. The Kier molecular flexibility index (Phi) is 10.3. The van der Waals surface area contributed by atoms with E-state index < -0.39 is 13.2 Å². The monoisotopic (exact) mass is 628 g/mol. The second-order valence-corrected chi connectivity index (χ2v) is 11.1. The second kappa shape index (κ2) is 14.5. The van der Waals surface area contributed by atoms with Gasteiger partial charge in [0.15, 0.2) is 5.82 Å². The van der Waals surface area contributed by atoms with Crippen molar-refractivity contribution in [2.75, 3.05) is 20.2 Å². The van der Waals surface area contributed by atoms with Gasteiger partial charge in [0.2, 0.25) is 5.91 Å². The number of carbonyl (C=O) groups excluding carboxylic acids is 2. The highest BCUT2D eigenvalue weighted by Gasteiger charge is 2.30. The standard InChI is InChI=1S/C32H34BClN6O5/c1-20-38-39-31-27(19-29(41)35-15-4-3-5-16-36-32(42)22-7-6-8-23(17-22)33(43)44)37-30(21-9-11-24(34)12-10-21)26-18-25(45-2)13-14-28(26)40(20)31/h6-14,17-18,27,43-44H,3-5,15-16,19H2,1-2H3,(H,35,41)(H,36,42). The van der Waals surface area contributed by atoms with Crippen LogP contribution in [0, 0.1) is 6.92 Å². The molecule has 1 unspecified atom stereocenters. The van der Waals surface area contributed by atoms with Gasteiger partial charge in [-0.3, -0.25) is 19.1 Å². The van der Waals surface area contributed by atoms with Crippen LogP contribution in [0.2, 0.25) is 5.02 Å². The summed E-state index contributed by atoms with van der Waals surface area (Å²) < 4.78 is 7.46. The van der Waals surface area contributed by atoms with Crippen LogP contribution in [0.25, 0.3) is 5.69 Å². The zero-order chi connectivity index (χ0) is 31.9. The van der Waals surface area contributed by atoms with Crippen molar-refractivity contribution in [1.29, 1.82) is 0 Å². The van der Waals surface area contributed by atoms with Gasteiger partial charge in [0, 0.05) is 34.8 Å². The summed E-state index contributed by atoms with van der Waals surface area (Å²) in [6, 6.07) is 18.8. The third-order valence-electron chi connectivity index (χ3n) is 7.54. The summed E-state index contributed by atoms with van der Waals surface area (Å²) >= 11 is 6.18. The van der Waals surface area contributed by atoms with Crippen molar-refractivity contribution in [3.05, 3.63) is 100 Å². The molecule has 1 aliphatic rings. The maximum Gasteiger partial charge on any atom is 0.488 e. The number of aryl methyl sites for hydroxylation is 1. The van der Waals surface area contributed by atoms with Crippen molar-refractivity contribution in [2.45, 2.75) is 38.6 Å². The largest absolute Gasteiger partial charge is 0.497 e. The van der Waals surface area contributed by atoms with Gasteiger partial charge in [0.25, 0.3) is 5.91 Å². The van der Waals surface area contributed by atoms with Crippen molar-refractivity contribution in [2.24, 2.45) is 4.99 Å². The number of nitrogens with one attached hydrogen (secondary N) is 2. The number of fused-ring (bicyclic) bond motifs is 3. The first kappa shape index (κ1) is 31.9. The van der Waals surface area contributed by atoms with Crippen LogP contribution < -0.4 is 20.8 Å². The molecule has 0 fully saturated rings. The summed E-state index contributed by atoms with van der Waals surface area (Å²) in [6.07, 6.45) is 2.34. The maximum atomic E-state index is 13.1. The van der Waals surface area contributed by atoms with Gasteiger partial charge in [-0.1, -0.05) is 35.9 Å². The molecule has 0 saturated heterocycles. The minimum atomic E-state index is -1.63. The minimum absolute atomic E-state index is 0.0814. The molecule has 0 aliphatic carbocycles. The van der Waals surface area contributed by atoms with Crippen molar-refractivity contribution < 1.29 is 24.4 Å². The zero-order valence-electron chi connectivity index (χ0n) is 25.0. The Morgan fingerprint density at radius 2 is 1.73 bits per heavy atom. The van der Waals surface area contributed by atoms with Crippen molar-refractivity contribution in [3.63, 3.8) is 0 Å². The van der Waals surface area contributed by atoms with Gasteiger partial charge in [-0.2, -0.15) is 0 Å². The van der Waals surface area contributed by atoms with Crippen LogP contribution in [0.5, 0.6) is 5.75 Å². The first-order valence-electron chi connectivity index (χ1n) is 14.7. The van der Waals surface area contributed by atoms with E-state index in [4.69, 9.17) is 21.3 Å². The first-order valence-corrected chi connectivity index (χ1v) is 15.1. The Labute approximate surface area is 266 Å². The van der Waals surface area contributed by atoms with Gasteiger partial charge >= 0.3 is 7.12 Å². The van der Waals surface area contributed by atoms with Crippen molar-refractivity contribution >= 4 is 41.7 Å². The molecule has 3 aromatic carbocycles. The summed E-state index contributed by atoms with van der Waals surface area (Å²) in [6.45, 7) is 2.81. The number of benzene rings is 3. The van der Waals surface area contributed by atoms with Crippen molar-refractivity contribution in [3.8, 4) is 11.4 Å². The van der Waals surface area contributed by atoms with E-state index in [1.165, 1.54) is 6.07 Å². The third-order valence-corrected chi connectivity index (χ3v) is 7.79. The molecule has 2 heterocycles. The van der Waals surface area contributed by atoms with Gasteiger partial charge in [0.1, 0.15) is 17.6 Å². The topological polar surface area (TPSA) is 151 Å². The number of hydrogen-bond donors (Lipinski definition) is 4. The Balaban J connectivity index is 1.21. The van der Waals surface area contributed by atoms with Crippen LogP contribution in [0.3, 0.4) is 0 Å². The summed E-state index contributed by atoms with van der Waals surface area (Å²) in [5.74, 6) is 1.49. The molecule has 0 spiro atoms. The van der Waals surface area contributed by atoms with Crippen LogP contribution in [-0.2, 0) is 4.79 Å². The van der Waals surface area contributed by atoms with E-state index in [9.17, 15) is 19.6 Å². The average Bonchev–Trinajstić information content (AvgIpc) is 3.37. The lowest BCUT2D eigenvalue weighted by atomic mass is 9.79. The molecule has 5 rings (SSSR count). The van der Waals surface area contributed by atoms with E-state index in [-0.39, 0.29) is 23.7 Å². The molecule has 4 N–H and O–H groups in total. The number of halogens is 1. The molecule has 0 bridgehead atoms. The smallest absolute Gasteiger partial charge is 0.488 e. The van der Waals surface area contributed by atoms with Gasteiger partial charge in [-0.05, 0) is 74.1 Å². The predicted molar refractivity (Wildman–Crippen MR) is 173 cm³/mol. The van der Waals surface area contributed by atoms with Crippen LogP contribution in [0.1, 0.15) is 64.9 Å². The van der Waals surface area contributed by atoms with Crippen LogP contribution in [0.4, 0.5) is 0 Å². The first-order chi connectivity index (χ1) is 21.7. The maximum absolute atomic E-state index is 13.1. The van der Waals surface area contributed by atoms with Gasteiger partial charge in [-0.15, -0.1) is 10.2 Å². The number of carbonyl (C=O) groups is 2. The molecule has 1 aliphatic heterocycles. The molecule has 0 saturated carbocycles. The number of aliphatic imine (C=N–C) groups is 1. The minimum Gasteiger partial charge on any atom is -0.497 e. The number of nitrogens with zero attached hydrogens (tertiary/aromatic N) is 4. The SMILES string of the molecule is COc1ccc2c(c1)C(c1ccc(Cl)cc1)=NC(CC(=O)NCCCCCNC(=O)c1cccc(B(O)O)c1)c1nnc(C)n1-2. The van der Waals surface area contributed by atoms with Crippen LogP contribution in [0.15, 0.2) is 71.7 Å². The molecular formula is C32H34BClN6O5. The van der Waals surface area contributed by atoms with Crippen molar-refractivity contribution in [1.82, 2.24) is 25.4 Å². The fraction of sp³-hybridized carbons (Fsp3) is 0.281. The van der Waals surface area contributed by atoms with Gasteiger partial charge < -0.3 is 25.4 Å². The number of methoxy groups -OCH3 is 1. The van der Waals surface area contributed by atoms with E-state index >= 15 is 0 Å².